The molecule has 1 unspecified atom stereocenters. The Labute approximate surface area is 178 Å². The van der Waals surface area contributed by atoms with E-state index in [2.05, 4.69) is 37.2 Å². The van der Waals surface area contributed by atoms with Gasteiger partial charge in [0.15, 0.2) is 5.96 Å². The third-order valence-electron chi connectivity index (χ3n) is 5.74. The summed E-state index contributed by atoms with van der Waals surface area (Å²) < 4.78 is 11.5. The molecular weight excluding hydrogens is 378 g/mol. The lowest BCUT2D eigenvalue weighted by Crippen LogP contribution is -2.46. The molecule has 4 rings (SSSR count). The number of morpholine rings is 1. The summed E-state index contributed by atoms with van der Waals surface area (Å²) in [6.07, 6.45) is 2.94. The first-order chi connectivity index (χ1) is 14.8. The molecule has 160 valence electrons. The standard InChI is InChI=1S/C23H31N5O2/c1-24-23(28-11-9-21(17-28)27-12-14-29-15-13-27)26-16-20-8-5-10-25-22(20)30-18-19-6-3-2-4-7-19/h2-8,10,21H,9,11-18H2,1H3,(H,24,26). The lowest BCUT2D eigenvalue weighted by molar-refractivity contribution is 0.0195. The van der Waals surface area contributed by atoms with E-state index in [1.165, 1.54) is 6.42 Å². The molecule has 0 amide bonds. The average Bonchev–Trinajstić information content (AvgIpc) is 3.30. The minimum Gasteiger partial charge on any atom is -0.473 e. The van der Waals surface area contributed by atoms with Gasteiger partial charge in [-0.2, -0.15) is 0 Å². The Kier molecular flexibility index (Phi) is 7.16. The number of pyridine rings is 1. The van der Waals surface area contributed by atoms with Crippen LogP contribution in [0.4, 0.5) is 0 Å². The van der Waals surface area contributed by atoms with E-state index < -0.39 is 0 Å². The topological polar surface area (TPSA) is 62.2 Å². The Balaban J connectivity index is 1.32. The molecule has 2 aromatic rings. The van der Waals surface area contributed by atoms with Crippen LogP contribution < -0.4 is 10.1 Å². The predicted molar refractivity (Wildman–Crippen MR) is 118 cm³/mol. The number of rotatable bonds is 6. The number of hydrogen-bond donors (Lipinski definition) is 1. The monoisotopic (exact) mass is 409 g/mol. The summed E-state index contributed by atoms with van der Waals surface area (Å²) in [4.78, 5) is 13.8. The number of nitrogens with one attached hydrogen (secondary N) is 1. The molecule has 2 aliphatic rings. The summed E-state index contributed by atoms with van der Waals surface area (Å²) in [5.74, 6) is 1.60. The van der Waals surface area contributed by atoms with Gasteiger partial charge in [0.2, 0.25) is 5.88 Å². The minimum absolute atomic E-state index is 0.507. The molecule has 0 saturated carbocycles. The molecule has 1 atom stereocenters. The molecule has 1 aromatic carbocycles. The summed E-state index contributed by atoms with van der Waals surface area (Å²) in [6.45, 7) is 6.91. The fraction of sp³-hybridized carbons (Fsp3) is 0.478. The molecule has 1 N–H and O–H groups in total. The van der Waals surface area contributed by atoms with Gasteiger partial charge in [0.25, 0.3) is 0 Å². The highest BCUT2D eigenvalue weighted by Crippen LogP contribution is 2.19. The fourth-order valence-electron chi connectivity index (χ4n) is 4.10. The molecular formula is C23H31N5O2. The van der Waals surface area contributed by atoms with Crippen molar-refractivity contribution in [3.8, 4) is 5.88 Å². The number of aliphatic imine (C=N–C) groups is 1. The van der Waals surface area contributed by atoms with Crippen molar-refractivity contribution in [2.75, 3.05) is 46.4 Å². The minimum atomic E-state index is 0.507. The van der Waals surface area contributed by atoms with E-state index in [9.17, 15) is 0 Å². The molecule has 1 aromatic heterocycles. The SMILES string of the molecule is CN=C(NCc1cccnc1OCc1ccccc1)N1CCC(N2CCOCC2)C1. The van der Waals surface area contributed by atoms with Gasteiger partial charge in [-0.1, -0.05) is 36.4 Å². The largest absolute Gasteiger partial charge is 0.473 e. The smallest absolute Gasteiger partial charge is 0.218 e. The Hall–Kier alpha value is -2.64. The number of ether oxygens (including phenoxy) is 2. The second-order valence-corrected chi connectivity index (χ2v) is 7.68. The maximum Gasteiger partial charge on any atom is 0.218 e. The Morgan fingerprint density at radius 2 is 2.00 bits per heavy atom. The predicted octanol–water partition coefficient (Wildman–Crippen LogP) is 2.14. The first kappa shape index (κ1) is 20.6. The highest BCUT2D eigenvalue weighted by molar-refractivity contribution is 5.80. The third-order valence-corrected chi connectivity index (χ3v) is 5.74. The summed E-state index contributed by atoms with van der Waals surface area (Å²) in [6, 6.07) is 14.7. The summed E-state index contributed by atoms with van der Waals surface area (Å²) in [5, 5.41) is 3.50. The molecule has 2 aliphatic heterocycles. The van der Waals surface area contributed by atoms with Gasteiger partial charge in [-0.3, -0.25) is 9.89 Å². The van der Waals surface area contributed by atoms with Gasteiger partial charge < -0.3 is 19.7 Å². The zero-order chi connectivity index (χ0) is 20.6. The molecule has 2 fully saturated rings. The molecule has 0 bridgehead atoms. The third kappa shape index (κ3) is 5.29. The van der Waals surface area contributed by atoms with Crippen molar-refractivity contribution >= 4 is 5.96 Å². The summed E-state index contributed by atoms with van der Waals surface area (Å²) >= 11 is 0. The fourth-order valence-corrected chi connectivity index (χ4v) is 4.10. The molecule has 0 spiro atoms. The van der Waals surface area contributed by atoms with Gasteiger partial charge in [0, 0.05) is 57.6 Å². The molecule has 2 saturated heterocycles. The van der Waals surface area contributed by atoms with Crippen LogP contribution in [0, 0.1) is 0 Å². The van der Waals surface area contributed by atoms with Crippen molar-refractivity contribution in [1.29, 1.82) is 0 Å². The van der Waals surface area contributed by atoms with Crippen LogP contribution in [0.3, 0.4) is 0 Å². The molecule has 0 radical (unpaired) electrons. The lowest BCUT2D eigenvalue weighted by Gasteiger charge is -2.32. The van der Waals surface area contributed by atoms with E-state index in [-0.39, 0.29) is 0 Å². The average molecular weight is 410 g/mol. The summed E-state index contributed by atoms with van der Waals surface area (Å²) in [5.41, 5.74) is 2.16. The maximum atomic E-state index is 5.99. The van der Waals surface area contributed by atoms with Crippen LogP contribution >= 0.6 is 0 Å². The van der Waals surface area contributed by atoms with E-state index in [0.717, 1.165) is 56.5 Å². The van der Waals surface area contributed by atoms with Gasteiger partial charge in [-0.05, 0) is 18.1 Å². The second kappa shape index (κ2) is 10.4. The van der Waals surface area contributed by atoms with Crippen LogP contribution in [-0.2, 0) is 17.9 Å². The van der Waals surface area contributed by atoms with E-state index in [0.29, 0.717) is 25.1 Å². The van der Waals surface area contributed by atoms with Crippen LogP contribution in [0.5, 0.6) is 5.88 Å². The number of hydrogen-bond acceptors (Lipinski definition) is 5. The zero-order valence-corrected chi connectivity index (χ0v) is 17.7. The highest BCUT2D eigenvalue weighted by atomic mass is 16.5. The highest BCUT2D eigenvalue weighted by Gasteiger charge is 2.30. The molecule has 30 heavy (non-hydrogen) atoms. The van der Waals surface area contributed by atoms with Gasteiger partial charge in [-0.15, -0.1) is 0 Å². The molecule has 7 heteroatoms. The quantitative estimate of drug-likeness (QED) is 0.583. The number of likely N-dealkylation sites (tertiary alicyclic amines) is 1. The first-order valence-electron chi connectivity index (χ1n) is 10.7. The van der Waals surface area contributed by atoms with Crippen LogP contribution in [0.25, 0.3) is 0 Å². The normalized spacial score (nSPS) is 20.4. The Morgan fingerprint density at radius 1 is 1.17 bits per heavy atom. The Morgan fingerprint density at radius 3 is 2.80 bits per heavy atom. The molecule has 3 heterocycles. The van der Waals surface area contributed by atoms with E-state index in [1.807, 2.05) is 37.4 Å². The molecule has 0 aliphatic carbocycles. The van der Waals surface area contributed by atoms with Crippen LogP contribution in [0.15, 0.2) is 53.7 Å². The van der Waals surface area contributed by atoms with Crippen molar-refractivity contribution in [3.63, 3.8) is 0 Å². The number of benzene rings is 1. The van der Waals surface area contributed by atoms with Crippen molar-refractivity contribution in [1.82, 2.24) is 20.1 Å². The number of guanidine groups is 1. The van der Waals surface area contributed by atoms with Crippen molar-refractivity contribution in [2.45, 2.75) is 25.6 Å². The maximum absolute atomic E-state index is 5.99. The summed E-state index contributed by atoms with van der Waals surface area (Å²) in [7, 11) is 1.85. The van der Waals surface area contributed by atoms with E-state index in [1.54, 1.807) is 6.20 Å². The molecule has 7 nitrogen and oxygen atoms in total. The zero-order valence-electron chi connectivity index (χ0n) is 17.7. The Bertz CT molecular complexity index is 823. The lowest BCUT2D eigenvalue weighted by atomic mass is 10.2. The van der Waals surface area contributed by atoms with Gasteiger partial charge >= 0.3 is 0 Å². The van der Waals surface area contributed by atoms with Crippen molar-refractivity contribution in [3.05, 3.63) is 59.8 Å². The van der Waals surface area contributed by atoms with Crippen LogP contribution in [-0.4, -0.2) is 73.2 Å². The van der Waals surface area contributed by atoms with Crippen molar-refractivity contribution < 1.29 is 9.47 Å². The van der Waals surface area contributed by atoms with E-state index >= 15 is 0 Å². The first-order valence-corrected chi connectivity index (χ1v) is 10.7. The van der Waals surface area contributed by atoms with Crippen LogP contribution in [0.2, 0.25) is 0 Å². The van der Waals surface area contributed by atoms with Gasteiger partial charge in [-0.25, -0.2) is 4.98 Å². The number of nitrogens with zero attached hydrogens (tertiary/aromatic N) is 4. The van der Waals surface area contributed by atoms with Gasteiger partial charge in [0.1, 0.15) is 6.61 Å². The van der Waals surface area contributed by atoms with Gasteiger partial charge in [0.05, 0.1) is 13.2 Å². The number of aromatic nitrogens is 1. The second-order valence-electron chi connectivity index (χ2n) is 7.68. The van der Waals surface area contributed by atoms with Crippen LogP contribution in [0.1, 0.15) is 17.5 Å². The van der Waals surface area contributed by atoms with E-state index in [4.69, 9.17) is 9.47 Å². The van der Waals surface area contributed by atoms with Crippen molar-refractivity contribution in [2.24, 2.45) is 4.99 Å².